The number of carbonyl (C=O) groups is 1. The van der Waals surface area contributed by atoms with Crippen molar-refractivity contribution in [2.45, 2.75) is 32.7 Å². The average molecular weight is 311 g/mol. The zero-order valence-corrected chi connectivity index (χ0v) is 14.2. The molecule has 1 aliphatic rings. The molecule has 1 heterocycles. The van der Waals surface area contributed by atoms with E-state index in [2.05, 4.69) is 18.7 Å². The minimum Gasteiger partial charge on any atom is -0.497 e. The SMILES string of the molecule is COc1ccc2cc(C(=O)C3CCCN(C(C)C)C3)ccc2c1. The first-order chi connectivity index (χ1) is 11.1. The number of likely N-dealkylation sites (tertiary alicyclic amines) is 1. The molecule has 0 aliphatic carbocycles. The van der Waals surface area contributed by atoms with Gasteiger partial charge in [0.05, 0.1) is 7.11 Å². The second-order valence-corrected chi connectivity index (χ2v) is 6.72. The largest absolute Gasteiger partial charge is 0.497 e. The van der Waals surface area contributed by atoms with Crippen molar-refractivity contribution in [3.63, 3.8) is 0 Å². The maximum absolute atomic E-state index is 12.9. The van der Waals surface area contributed by atoms with Crippen molar-refractivity contribution < 1.29 is 9.53 Å². The molecule has 2 aromatic carbocycles. The molecule has 1 aliphatic heterocycles. The Bertz CT molecular complexity index is 708. The van der Waals surface area contributed by atoms with Crippen LogP contribution in [0, 0.1) is 5.92 Å². The van der Waals surface area contributed by atoms with Gasteiger partial charge in [0.25, 0.3) is 0 Å². The maximum Gasteiger partial charge on any atom is 0.167 e. The van der Waals surface area contributed by atoms with Crippen LogP contribution in [-0.2, 0) is 0 Å². The molecule has 2 aromatic rings. The van der Waals surface area contributed by atoms with Crippen LogP contribution in [0.4, 0.5) is 0 Å². The van der Waals surface area contributed by atoms with Crippen molar-refractivity contribution in [3.05, 3.63) is 42.0 Å². The van der Waals surface area contributed by atoms with Gasteiger partial charge in [0, 0.05) is 24.1 Å². The molecule has 1 unspecified atom stereocenters. The summed E-state index contributed by atoms with van der Waals surface area (Å²) in [4.78, 5) is 15.3. The first-order valence-corrected chi connectivity index (χ1v) is 8.44. The number of nitrogens with zero attached hydrogens (tertiary/aromatic N) is 1. The summed E-state index contributed by atoms with van der Waals surface area (Å²) in [5.41, 5.74) is 0.832. The molecule has 1 fully saturated rings. The summed E-state index contributed by atoms with van der Waals surface area (Å²) in [6, 6.07) is 12.5. The molecule has 0 saturated carbocycles. The number of carbonyl (C=O) groups excluding carboxylic acids is 1. The van der Waals surface area contributed by atoms with Crippen LogP contribution in [0.3, 0.4) is 0 Å². The number of ketones is 1. The molecule has 3 rings (SSSR count). The third-order valence-corrected chi connectivity index (χ3v) is 4.89. The van der Waals surface area contributed by atoms with Crippen molar-refractivity contribution in [1.82, 2.24) is 4.90 Å². The van der Waals surface area contributed by atoms with E-state index in [0.29, 0.717) is 6.04 Å². The first kappa shape index (κ1) is 16.0. The Hall–Kier alpha value is -1.87. The molecule has 3 nitrogen and oxygen atoms in total. The molecular weight excluding hydrogens is 286 g/mol. The lowest BCUT2D eigenvalue weighted by atomic mass is 9.88. The lowest BCUT2D eigenvalue weighted by molar-refractivity contribution is 0.0781. The standard InChI is InChI=1S/C20H25NO2/c1-14(2)21-10-4-5-18(13-21)20(22)17-7-6-16-12-19(23-3)9-8-15(16)11-17/h6-9,11-12,14,18H,4-5,10,13H2,1-3H3. The van der Waals surface area contributed by atoms with Gasteiger partial charge in [-0.15, -0.1) is 0 Å². The summed E-state index contributed by atoms with van der Waals surface area (Å²) in [5, 5.41) is 2.20. The minimum atomic E-state index is 0.127. The van der Waals surface area contributed by atoms with E-state index in [1.54, 1.807) is 7.11 Å². The molecule has 122 valence electrons. The predicted molar refractivity (Wildman–Crippen MR) is 94.3 cm³/mol. The van der Waals surface area contributed by atoms with E-state index in [1.807, 2.05) is 36.4 Å². The fourth-order valence-corrected chi connectivity index (χ4v) is 3.43. The topological polar surface area (TPSA) is 29.5 Å². The Morgan fingerprint density at radius 2 is 1.91 bits per heavy atom. The summed E-state index contributed by atoms with van der Waals surface area (Å²) in [7, 11) is 1.67. The first-order valence-electron chi connectivity index (χ1n) is 8.44. The molecule has 1 atom stereocenters. The second-order valence-electron chi connectivity index (χ2n) is 6.72. The van der Waals surface area contributed by atoms with Gasteiger partial charge in [-0.3, -0.25) is 4.79 Å². The normalized spacial score (nSPS) is 19.2. The monoisotopic (exact) mass is 311 g/mol. The van der Waals surface area contributed by atoms with Crippen molar-refractivity contribution in [2.24, 2.45) is 5.92 Å². The fourth-order valence-electron chi connectivity index (χ4n) is 3.43. The molecule has 23 heavy (non-hydrogen) atoms. The van der Waals surface area contributed by atoms with Gasteiger partial charge in [-0.2, -0.15) is 0 Å². The lowest BCUT2D eigenvalue weighted by Gasteiger charge is -2.34. The van der Waals surface area contributed by atoms with Crippen LogP contribution in [0.25, 0.3) is 10.8 Å². The number of piperidine rings is 1. The van der Waals surface area contributed by atoms with Crippen LogP contribution >= 0.6 is 0 Å². The zero-order chi connectivity index (χ0) is 16.4. The number of rotatable bonds is 4. The molecule has 0 bridgehead atoms. The van der Waals surface area contributed by atoms with Crippen LogP contribution in [-0.4, -0.2) is 36.9 Å². The van der Waals surface area contributed by atoms with Crippen molar-refractivity contribution >= 4 is 16.6 Å². The Labute approximate surface area is 138 Å². The van der Waals surface area contributed by atoms with E-state index >= 15 is 0 Å². The third-order valence-electron chi connectivity index (χ3n) is 4.89. The number of hydrogen-bond acceptors (Lipinski definition) is 3. The Balaban J connectivity index is 1.83. The summed E-state index contributed by atoms with van der Waals surface area (Å²) in [5.74, 6) is 1.26. The van der Waals surface area contributed by atoms with Crippen LogP contribution in [0.2, 0.25) is 0 Å². The summed E-state index contributed by atoms with van der Waals surface area (Å²) in [6.07, 6.45) is 2.11. The number of Topliss-reactive ketones (excluding diaryl/α,β-unsaturated/α-hetero) is 1. The summed E-state index contributed by atoms with van der Waals surface area (Å²) >= 11 is 0. The number of ether oxygens (including phenoxy) is 1. The molecule has 0 aromatic heterocycles. The second kappa shape index (κ2) is 6.71. The molecule has 1 saturated heterocycles. The van der Waals surface area contributed by atoms with Crippen molar-refractivity contribution in [1.29, 1.82) is 0 Å². The van der Waals surface area contributed by atoms with Gasteiger partial charge in [-0.05, 0) is 62.2 Å². The number of hydrogen-bond donors (Lipinski definition) is 0. The van der Waals surface area contributed by atoms with Gasteiger partial charge in [0.1, 0.15) is 5.75 Å². The fraction of sp³-hybridized carbons (Fsp3) is 0.450. The van der Waals surface area contributed by atoms with Crippen LogP contribution in [0.15, 0.2) is 36.4 Å². The van der Waals surface area contributed by atoms with E-state index < -0.39 is 0 Å². The third kappa shape index (κ3) is 3.40. The molecule has 0 spiro atoms. The Kier molecular flexibility index (Phi) is 4.67. The van der Waals surface area contributed by atoms with Gasteiger partial charge >= 0.3 is 0 Å². The van der Waals surface area contributed by atoms with Gasteiger partial charge in [-0.1, -0.05) is 18.2 Å². The van der Waals surface area contributed by atoms with Crippen LogP contribution in [0.5, 0.6) is 5.75 Å². The van der Waals surface area contributed by atoms with Gasteiger partial charge in [-0.25, -0.2) is 0 Å². The van der Waals surface area contributed by atoms with E-state index in [-0.39, 0.29) is 11.7 Å². The van der Waals surface area contributed by atoms with E-state index in [1.165, 1.54) is 0 Å². The van der Waals surface area contributed by atoms with Crippen LogP contribution < -0.4 is 4.74 Å². The van der Waals surface area contributed by atoms with E-state index in [0.717, 1.165) is 48.0 Å². The Morgan fingerprint density at radius 3 is 2.65 bits per heavy atom. The highest BCUT2D eigenvalue weighted by Crippen LogP contribution is 2.26. The smallest absolute Gasteiger partial charge is 0.167 e. The van der Waals surface area contributed by atoms with E-state index in [9.17, 15) is 4.79 Å². The number of benzene rings is 2. The van der Waals surface area contributed by atoms with Gasteiger partial charge in [0.2, 0.25) is 0 Å². The zero-order valence-electron chi connectivity index (χ0n) is 14.2. The molecule has 0 N–H and O–H groups in total. The highest BCUT2D eigenvalue weighted by molar-refractivity contribution is 6.01. The molecular formula is C20H25NO2. The van der Waals surface area contributed by atoms with Gasteiger partial charge < -0.3 is 9.64 Å². The molecule has 0 radical (unpaired) electrons. The quantitative estimate of drug-likeness (QED) is 0.794. The molecule has 3 heteroatoms. The predicted octanol–water partition coefficient (Wildman–Crippen LogP) is 4.15. The van der Waals surface area contributed by atoms with Crippen LogP contribution in [0.1, 0.15) is 37.0 Å². The highest BCUT2D eigenvalue weighted by Gasteiger charge is 2.27. The van der Waals surface area contributed by atoms with E-state index in [4.69, 9.17) is 4.74 Å². The number of methoxy groups -OCH3 is 1. The van der Waals surface area contributed by atoms with Gasteiger partial charge in [0.15, 0.2) is 5.78 Å². The minimum absolute atomic E-state index is 0.127. The lowest BCUT2D eigenvalue weighted by Crippen LogP contribution is -2.42. The average Bonchev–Trinajstić information content (AvgIpc) is 2.60. The Morgan fingerprint density at radius 1 is 1.17 bits per heavy atom. The summed E-state index contributed by atoms with van der Waals surface area (Å²) in [6.45, 7) is 6.41. The van der Waals surface area contributed by atoms with Crippen molar-refractivity contribution in [2.75, 3.05) is 20.2 Å². The highest BCUT2D eigenvalue weighted by atomic mass is 16.5. The summed E-state index contributed by atoms with van der Waals surface area (Å²) < 4.78 is 5.26. The number of fused-ring (bicyclic) bond motifs is 1. The molecule has 0 amide bonds. The maximum atomic E-state index is 12.9. The van der Waals surface area contributed by atoms with Crippen molar-refractivity contribution in [3.8, 4) is 5.75 Å².